The molecule has 0 saturated heterocycles. The van der Waals surface area contributed by atoms with Gasteiger partial charge < -0.3 is 9.47 Å². The van der Waals surface area contributed by atoms with Crippen molar-refractivity contribution in [1.82, 2.24) is 0 Å². The molecule has 4 aromatic rings. The van der Waals surface area contributed by atoms with E-state index in [1.807, 2.05) is 48.5 Å². The van der Waals surface area contributed by atoms with Gasteiger partial charge in [-0.15, -0.1) is 0 Å². The summed E-state index contributed by atoms with van der Waals surface area (Å²) in [5.74, 6) is 1.60. The smallest absolute Gasteiger partial charge is 0.179 e. The predicted molar refractivity (Wildman–Crippen MR) is 121 cm³/mol. The third-order valence-electron chi connectivity index (χ3n) is 6.66. The zero-order chi connectivity index (χ0) is 21.8. The third kappa shape index (κ3) is 2.34. The van der Waals surface area contributed by atoms with Crippen LogP contribution in [-0.4, -0.2) is 14.2 Å². The van der Waals surface area contributed by atoms with Gasteiger partial charge in [0.25, 0.3) is 0 Å². The van der Waals surface area contributed by atoms with Crippen LogP contribution in [0.5, 0.6) is 11.5 Å². The number of rotatable bonds is 4. The number of ether oxygens (including phenoxy) is 2. The van der Waals surface area contributed by atoms with E-state index in [0.29, 0.717) is 0 Å². The van der Waals surface area contributed by atoms with Crippen LogP contribution in [0.2, 0.25) is 0 Å². The van der Waals surface area contributed by atoms with Crippen LogP contribution >= 0.6 is 0 Å². The minimum Gasteiger partial charge on any atom is -0.497 e. The van der Waals surface area contributed by atoms with Gasteiger partial charge in [0.15, 0.2) is 11.2 Å². The topological polar surface area (TPSA) is 36.9 Å². The maximum absolute atomic E-state index is 6.42. The molecule has 0 radical (unpaired) electrons. The first kappa shape index (κ1) is 19.1. The van der Waals surface area contributed by atoms with Crippen LogP contribution in [0, 0.1) is 0 Å². The summed E-state index contributed by atoms with van der Waals surface area (Å²) in [7, 11) is 3.34. The molecule has 0 atom stereocenters. The van der Waals surface area contributed by atoms with Crippen molar-refractivity contribution in [2.24, 2.45) is 0 Å². The second-order valence-corrected chi connectivity index (χ2v) is 8.08. The van der Waals surface area contributed by atoms with Crippen molar-refractivity contribution in [3.05, 3.63) is 130 Å². The van der Waals surface area contributed by atoms with Crippen molar-refractivity contribution < 1.29 is 19.2 Å². The fraction of sp³-hybridized carbons (Fsp3) is 0.143. The monoisotopic (exact) mass is 422 g/mol. The van der Waals surface area contributed by atoms with Gasteiger partial charge in [0.2, 0.25) is 0 Å². The Morgan fingerprint density at radius 1 is 0.469 bits per heavy atom. The van der Waals surface area contributed by atoms with Crippen molar-refractivity contribution in [3.8, 4) is 11.5 Å². The van der Waals surface area contributed by atoms with Crippen LogP contribution in [0.3, 0.4) is 0 Å². The van der Waals surface area contributed by atoms with E-state index in [1.54, 1.807) is 14.2 Å². The molecule has 1 aliphatic carbocycles. The molecule has 2 heterocycles. The summed E-state index contributed by atoms with van der Waals surface area (Å²) < 4.78 is 10.8. The van der Waals surface area contributed by atoms with Gasteiger partial charge in [0, 0.05) is 22.3 Å². The fourth-order valence-electron chi connectivity index (χ4n) is 5.16. The summed E-state index contributed by atoms with van der Waals surface area (Å²) in [5.41, 5.74) is 4.54. The Labute approximate surface area is 186 Å². The summed E-state index contributed by atoms with van der Waals surface area (Å²) in [5, 5.41) is 0. The Morgan fingerprint density at radius 2 is 0.781 bits per heavy atom. The van der Waals surface area contributed by atoms with Gasteiger partial charge in [-0.05, 0) is 35.4 Å². The average molecular weight is 422 g/mol. The predicted octanol–water partition coefficient (Wildman–Crippen LogP) is 5.56. The number of fused-ring (bicyclic) bond motifs is 1. The number of methoxy groups -OCH3 is 2. The second-order valence-electron chi connectivity index (χ2n) is 8.08. The van der Waals surface area contributed by atoms with Gasteiger partial charge in [-0.25, -0.2) is 9.78 Å². The lowest BCUT2D eigenvalue weighted by Gasteiger charge is -2.53. The van der Waals surface area contributed by atoms with Crippen molar-refractivity contribution >= 4 is 0 Å². The molecule has 0 aromatic heterocycles. The largest absolute Gasteiger partial charge is 0.497 e. The Hall–Kier alpha value is -3.60. The Kier molecular flexibility index (Phi) is 4.15. The quantitative estimate of drug-likeness (QED) is 0.403. The highest BCUT2D eigenvalue weighted by molar-refractivity contribution is 5.66. The molecule has 3 aliphatic rings. The van der Waals surface area contributed by atoms with E-state index in [2.05, 4.69) is 48.5 Å². The first-order valence-electron chi connectivity index (χ1n) is 10.6. The van der Waals surface area contributed by atoms with Gasteiger partial charge in [0.1, 0.15) is 11.5 Å². The summed E-state index contributed by atoms with van der Waals surface area (Å²) in [6, 6.07) is 32.8. The summed E-state index contributed by atoms with van der Waals surface area (Å²) in [6.07, 6.45) is 0. The number of benzene rings is 4. The van der Waals surface area contributed by atoms with Crippen LogP contribution in [0.25, 0.3) is 0 Å². The Morgan fingerprint density at radius 3 is 1.06 bits per heavy atom. The molecule has 158 valence electrons. The van der Waals surface area contributed by atoms with Crippen LogP contribution in [0.1, 0.15) is 33.4 Å². The molecule has 7 rings (SSSR count). The highest BCUT2D eigenvalue weighted by Crippen LogP contribution is 2.61. The molecule has 0 unspecified atom stereocenters. The summed E-state index contributed by atoms with van der Waals surface area (Å²) in [6.45, 7) is 0. The van der Waals surface area contributed by atoms with Crippen molar-refractivity contribution in [3.63, 3.8) is 0 Å². The molecule has 0 saturated carbocycles. The minimum absolute atomic E-state index is 0.798. The van der Waals surface area contributed by atoms with Gasteiger partial charge >= 0.3 is 0 Å². The Bertz CT molecular complexity index is 1140. The summed E-state index contributed by atoms with van der Waals surface area (Å²) in [4.78, 5) is 12.8. The Balaban J connectivity index is 1.67. The molecule has 4 nitrogen and oxygen atoms in total. The van der Waals surface area contributed by atoms with Gasteiger partial charge in [-0.3, -0.25) is 0 Å². The number of hydrogen-bond donors (Lipinski definition) is 0. The lowest BCUT2D eigenvalue weighted by atomic mass is 9.62. The van der Waals surface area contributed by atoms with Crippen LogP contribution in [0.4, 0.5) is 0 Å². The fourth-order valence-corrected chi connectivity index (χ4v) is 5.16. The zero-order valence-electron chi connectivity index (χ0n) is 17.9. The molecule has 2 aliphatic heterocycles. The van der Waals surface area contributed by atoms with E-state index in [-0.39, 0.29) is 0 Å². The highest BCUT2D eigenvalue weighted by Gasteiger charge is 2.60. The zero-order valence-corrected chi connectivity index (χ0v) is 17.9. The lowest BCUT2D eigenvalue weighted by Crippen LogP contribution is -2.53. The minimum atomic E-state index is -0.867. The highest BCUT2D eigenvalue weighted by atomic mass is 17.2. The van der Waals surface area contributed by atoms with Gasteiger partial charge in [-0.2, -0.15) is 0 Å². The molecule has 4 aromatic carbocycles. The third-order valence-corrected chi connectivity index (χ3v) is 6.66. The molecular formula is C28H22O4. The van der Waals surface area contributed by atoms with Gasteiger partial charge in [-0.1, -0.05) is 72.8 Å². The van der Waals surface area contributed by atoms with E-state index < -0.39 is 11.2 Å². The number of hydrogen-bond acceptors (Lipinski definition) is 4. The first-order valence-corrected chi connectivity index (χ1v) is 10.6. The van der Waals surface area contributed by atoms with Crippen LogP contribution < -0.4 is 9.47 Å². The maximum Gasteiger partial charge on any atom is 0.179 e. The van der Waals surface area contributed by atoms with Crippen molar-refractivity contribution in [2.75, 3.05) is 14.2 Å². The molecule has 2 bridgehead atoms. The molecular weight excluding hydrogens is 400 g/mol. The van der Waals surface area contributed by atoms with Crippen molar-refractivity contribution in [2.45, 2.75) is 11.2 Å². The normalized spacial score (nSPS) is 22.7. The van der Waals surface area contributed by atoms with E-state index in [9.17, 15) is 0 Å². The molecule has 0 fully saturated rings. The van der Waals surface area contributed by atoms with Crippen molar-refractivity contribution in [1.29, 1.82) is 0 Å². The lowest BCUT2D eigenvalue weighted by molar-refractivity contribution is -0.410. The van der Waals surface area contributed by atoms with Crippen LogP contribution in [0.15, 0.2) is 97.1 Å². The maximum atomic E-state index is 6.42. The summed E-state index contributed by atoms with van der Waals surface area (Å²) >= 11 is 0. The van der Waals surface area contributed by atoms with E-state index in [4.69, 9.17) is 19.2 Å². The van der Waals surface area contributed by atoms with E-state index in [1.165, 1.54) is 0 Å². The SMILES string of the molecule is COc1ccc(C23OOC(c4ccc(OC)cc4)(c4ccccc42)c2ccccc23)cc1. The molecule has 4 heteroatoms. The van der Waals surface area contributed by atoms with Crippen LogP contribution in [-0.2, 0) is 21.0 Å². The standard InChI is InChI=1S/C28H22O4/c1-29-21-15-11-19(12-16-21)27-23-7-3-5-9-25(23)28(32-31-27,26-10-6-4-8-24(26)27)20-13-17-22(30-2)18-14-20/h3-18H,1-2H3. The first-order chi connectivity index (χ1) is 15.7. The van der Waals surface area contributed by atoms with E-state index >= 15 is 0 Å². The van der Waals surface area contributed by atoms with Gasteiger partial charge in [0.05, 0.1) is 14.2 Å². The average Bonchev–Trinajstić information content (AvgIpc) is 2.89. The molecule has 0 spiro atoms. The molecule has 0 amide bonds. The molecule has 0 N–H and O–H groups in total. The second kappa shape index (κ2) is 6.95. The van der Waals surface area contributed by atoms with E-state index in [0.717, 1.165) is 44.9 Å². The molecule has 32 heavy (non-hydrogen) atoms.